The van der Waals surface area contributed by atoms with Crippen LogP contribution >= 0.6 is 0 Å². The number of nitrogens with zero attached hydrogens (tertiary/aromatic N) is 1. The molecule has 0 fully saturated rings. The Morgan fingerprint density at radius 3 is 2.68 bits per heavy atom. The van der Waals surface area contributed by atoms with Gasteiger partial charge in [0.15, 0.2) is 0 Å². The summed E-state index contributed by atoms with van der Waals surface area (Å²) in [5.74, 6) is 0.747. The van der Waals surface area contributed by atoms with Crippen LogP contribution in [0.5, 0.6) is 11.8 Å². The Bertz CT molecular complexity index is 491. The van der Waals surface area contributed by atoms with Crippen molar-refractivity contribution in [3.63, 3.8) is 0 Å². The fourth-order valence-corrected chi connectivity index (χ4v) is 1.78. The molecule has 0 saturated heterocycles. The van der Waals surface area contributed by atoms with Crippen molar-refractivity contribution in [2.45, 2.75) is 33.2 Å². The highest BCUT2D eigenvalue weighted by molar-refractivity contribution is 5.29. The highest BCUT2D eigenvalue weighted by Crippen LogP contribution is 2.21. The molecule has 0 aliphatic rings. The summed E-state index contributed by atoms with van der Waals surface area (Å²) in [6.45, 7) is 5.82. The minimum absolute atomic E-state index is 0.288. The summed E-state index contributed by atoms with van der Waals surface area (Å²) in [4.78, 5) is 4.25. The summed E-state index contributed by atoms with van der Waals surface area (Å²) >= 11 is 0. The average Bonchev–Trinajstić information content (AvgIpc) is 2.87. The Morgan fingerprint density at radius 1 is 1.21 bits per heavy atom. The summed E-state index contributed by atoms with van der Waals surface area (Å²) in [5, 5.41) is 3.19. The van der Waals surface area contributed by atoms with E-state index in [1.54, 1.807) is 6.26 Å². The van der Waals surface area contributed by atoms with E-state index >= 15 is 0 Å². The molecule has 1 heterocycles. The minimum Gasteiger partial charge on any atom is -0.417 e. The zero-order chi connectivity index (χ0) is 13.5. The summed E-state index contributed by atoms with van der Waals surface area (Å²) in [7, 11) is 0. The summed E-state index contributed by atoms with van der Waals surface area (Å²) in [6, 6.07) is 8.03. The van der Waals surface area contributed by atoms with Gasteiger partial charge in [-0.2, -0.15) is 4.98 Å². The third kappa shape index (κ3) is 4.10. The van der Waals surface area contributed by atoms with Crippen LogP contribution < -0.4 is 10.1 Å². The molecule has 2 aromatic rings. The molecule has 4 nitrogen and oxygen atoms in total. The number of ether oxygens (including phenoxy) is 1. The van der Waals surface area contributed by atoms with Crippen molar-refractivity contribution in [1.82, 2.24) is 10.3 Å². The summed E-state index contributed by atoms with van der Waals surface area (Å²) < 4.78 is 10.8. The maximum atomic E-state index is 5.57. The first-order chi connectivity index (χ1) is 9.31. The first-order valence-electron chi connectivity index (χ1n) is 6.73. The van der Waals surface area contributed by atoms with Crippen molar-refractivity contribution in [3.05, 3.63) is 41.8 Å². The van der Waals surface area contributed by atoms with Gasteiger partial charge >= 0.3 is 6.08 Å². The number of oxazole rings is 1. The van der Waals surface area contributed by atoms with E-state index in [9.17, 15) is 0 Å². The predicted molar refractivity (Wildman–Crippen MR) is 74.4 cm³/mol. The van der Waals surface area contributed by atoms with Crippen molar-refractivity contribution < 1.29 is 9.15 Å². The third-order valence-electron chi connectivity index (χ3n) is 2.75. The second-order valence-corrected chi connectivity index (χ2v) is 4.38. The molecule has 102 valence electrons. The number of aryl methyl sites for hydroxylation is 1. The molecule has 0 radical (unpaired) electrons. The molecule has 1 N–H and O–H groups in total. The molecule has 0 atom stereocenters. The molecule has 1 aromatic heterocycles. The number of rotatable bonds is 7. The lowest BCUT2D eigenvalue weighted by Crippen LogP contribution is -2.11. The quantitative estimate of drug-likeness (QED) is 0.827. The molecule has 0 bridgehead atoms. The van der Waals surface area contributed by atoms with Crippen molar-refractivity contribution in [2.24, 2.45) is 0 Å². The molecule has 0 aliphatic heterocycles. The fraction of sp³-hybridized carbons (Fsp3) is 0.400. The van der Waals surface area contributed by atoms with Gasteiger partial charge in [-0.1, -0.05) is 32.4 Å². The van der Waals surface area contributed by atoms with Crippen molar-refractivity contribution in [3.8, 4) is 11.8 Å². The Hall–Kier alpha value is -1.81. The second-order valence-electron chi connectivity index (χ2n) is 4.38. The van der Waals surface area contributed by atoms with Crippen molar-refractivity contribution in [1.29, 1.82) is 0 Å². The molecule has 2 rings (SSSR count). The fourth-order valence-electron chi connectivity index (χ4n) is 1.78. The monoisotopic (exact) mass is 260 g/mol. The number of hydrogen-bond acceptors (Lipinski definition) is 4. The highest BCUT2D eigenvalue weighted by atomic mass is 16.6. The lowest BCUT2D eigenvalue weighted by atomic mass is 10.1. The normalized spacial score (nSPS) is 10.6. The summed E-state index contributed by atoms with van der Waals surface area (Å²) in [5.41, 5.74) is 2.16. The van der Waals surface area contributed by atoms with Gasteiger partial charge in [0.2, 0.25) is 0 Å². The lowest BCUT2D eigenvalue weighted by Gasteiger charge is -2.02. The number of aromatic nitrogens is 1. The molecule has 19 heavy (non-hydrogen) atoms. The lowest BCUT2D eigenvalue weighted by molar-refractivity contribution is 0.330. The van der Waals surface area contributed by atoms with E-state index in [2.05, 4.69) is 36.3 Å². The molecule has 4 heteroatoms. The Morgan fingerprint density at radius 2 is 2.00 bits per heavy atom. The van der Waals surface area contributed by atoms with E-state index in [1.807, 2.05) is 12.1 Å². The van der Waals surface area contributed by atoms with E-state index in [4.69, 9.17) is 9.15 Å². The van der Waals surface area contributed by atoms with E-state index in [1.165, 1.54) is 5.56 Å². The molecule has 0 saturated carbocycles. The topological polar surface area (TPSA) is 47.3 Å². The molecule has 1 aromatic carbocycles. The average molecular weight is 260 g/mol. The van der Waals surface area contributed by atoms with Crippen LogP contribution in [0.25, 0.3) is 0 Å². The molecule has 0 amide bonds. The van der Waals surface area contributed by atoms with E-state index in [0.717, 1.165) is 30.8 Å². The third-order valence-corrected chi connectivity index (χ3v) is 2.75. The van der Waals surface area contributed by atoms with Gasteiger partial charge in [-0.05, 0) is 30.7 Å². The van der Waals surface area contributed by atoms with E-state index in [-0.39, 0.29) is 6.08 Å². The van der Waals surface area contributed by atoms with Crippen LogP contribution in [-0.4, -0.2) is 11.5 Å². The van der Waals surface area contributed by atoms with E-state index in [0.29, 0.717) is 6.54 Å². The maximum Gasteiger partial charge on any atom is 0.399 e. The van der Waals surface area contributed by atoms with Gasteiger partial charge in [0.05, 0.1) is 5.69 Å². The Labute approximate surface area is 113 Å². The van der Waals surface area contributed by atoms with Gasteiger partial charge in [0.25, 0.3) is 0 Å². The second kappa shape index (κ2) is 6.95. The van der Waals surface area contributed by atoms with Gasteiger partial charge in [-0.15, -0.1) is 0 Å². The Balaban J connectivity index is 1.94. The zero-order valence-corrected chi connectivity index (χ0v) is 11.5. The van der Waals surface area contributed by atoms with Gasteiger partial charge < -0.3 is 14.5 Å². The molecule has 0 unspecified atom stereocenters. The number of nitrogens with one attached hydrogen (secondary N) is 1. The predicted octanol–water partition coefficient (Wildman–Crippen LogP) is 3.53. The van der Waals surface area contributed by atoms with Crippen LogP contribution in [0.3, 0.4) is 0 Å². The molecule has 0 aliphatic carbocycles. The van der Waals surface area contributed by atoms with Crippen molar-refractivity contribution >= 4 is 0 Å². The van der Waals surface area contributed by atoms with Crippen molar-refractivity contribution in [2.75, 3.05) is 6.54 Å². The first kappa shape index (κ1) is 13.6. The largest absolute Gasteiger partial charge is 0.417 e. The first-order valence-corrected chi connectivity index (χ1v) is 6.73. The summed E-state index contributed by atoms with van der Waals surface area (Å²) in [6.07, 6.45) is 4.14. The van der Waals surface area contributed by atoms with Crippen LogP contribution in [0.1, 0.15) is 31.5 Å². The molecular formula is C15H20N2O2. The Kier molecular flexibility index (Phi) is 4.98. The minimum atomic E-state index is 0.288. The highest BCUT2D eigenvalue weighted by Gasteiger charge is 2.05. The van der Waals surface area contributed by atoms with E-state index < -0.39 is 0 Å². The zero-order valence-electron chi connectivity index (χ0n) is 11.5. The van der Waals surface area contributed by atoms with Gasteiger partial charge in [0, 0.05) is 6.54 Å². The number of hydrogen-bond donors (Lipinski definition) is 1. The van der Waals surface area contributed by atoms with Crippen LogP contribution in [0.4, 0.5) is 0 Å². The number of benzene rings is 1. The van der Waals surface area contributed by atoms with Crippen LogP contribution in [0, 0.1) is 0 Å². The van der Waals surface area contributed by atoms with Gasteiger partial charge in [0.1, 0.15) is 12.0 Å². The van der Waals surface area contributed by atoms with Crippen LogP contribution in [0.15, 0.2) is 34.9 Å². The van der Waals surface area contributed by atoms with Crippen LogP contribution in [-0.2, 0) is 13.0 Å². The van der Waals surface area contributed by atoms with Crippen LogP contribution in [0.2, 0.25) is 0 Å². The standard InChI is InChI=1S/C15H20N2O2/c1-3-5-12-6-8-14(9-7-12)19-15-17-13(11-18-15)10-16-4-2/h6-9,11,16H,3-5,10H2,1-2H3. The SMILES string of the molecule is CCCc1ccc(Oc2nc(CNCC)co2)cc1. The molecular weight excluding hydrogens is 240 g/mol. The van der Waals surface area contributed by atoms with Gasteiger partial charge in [-0.25, -0.2) is 0 Å². The smallest absolute Gasteiger partial charge is 0.399 e. The molecule has 0 spiro atoms. The van der Waals surface area contributed by atoms with Gasteiger partial charge in [-0.3, -0.25) is 0 Å². The maximum absolute atomic E-state index is 5.57.